The van der Waals surface area contributed by atoms with Gasteiger partial charge < -0.3 is 14.8 Å². The van der Waals surface area contributed by atoms with Crippen LogP contribution in [0.2, 0.25) is 0 Å². The number of carbonyl (C=O) groups excluding carboxylic acids is 2. The van der Waals surface area contributed by atoms with E-state index in [1.54, 1.807) is 18.8 Å². The van der Waals surface area contributed by atoms with E-state index in [0.717, 1.165) is 68.2 Å². The summed E-state index contributed by atoms with van der Waals surface area (Å²) in [5.41, 5.74) is 3.73. The van der Waals surface area contributed by atoms with Gasteiger partial charge in [-0.3, -0.25) is 9.59 Å². The van der Waals surface area contributed by atoms with Gasteiger partial charge in [-0.1, -0.05) is 103 Å². The Morgan fingerprint density at radius 3 is 2.25 bits per heavy atom. The van der Waals surface area contributed by atoms with Gasteiger partial charge in [0.2, 0.25) is 5.91 Å². The van der Waals surface area contributed by atoms with Crippen LogP contribution in [0.3, 0.4) is 0 Å². The van der Waals surface area contributed by atoms with E-state index < -0.39 is 5.41 Å². The monoisotopic (exact) mass is 705 g/mol. The van der Waals surface area contributed by atoms with Crippen molar-refractivity contribution in [2.45, 2.75) is 125 Å². The van der Waals surface area contributed by atoms with Crippen LogP contribution in [0.5, 0.6) is 5.75 Å². The van der Waals surface area contributed by atoms with Crippen molar-refractivity contribution in [3.05, 3.63) is 83.4 Å². The molecule has 0 spiro atoms. The van der Waals surface area contributed by atoms with E-state index in [2.05, 4.69) is 72.0 Å². The quantitative estimate of drug-likeness (QED) is 0.177. The molecule has 0 aromatic heterocycles. The Bertz CT molecular complexity index is 1720. The van der Waals surface area contributed by atoms with Gasteiger partial charge in [0, 0.05) is 12.1 Å². The van der Waals surface area contributed by atoms with Crippen LogP contribution >= 0.6 is 0 Å². The van der Waals surface area contributed by atoms with Crippen LogP contribution in [-0.2, 0) is 20.9 Å². The summed E-state index contributed by atoms with van der Waals surface area (Å²) in [6, 6.07) is 18.1. The fourth-order valence-corrected chi connectivity index (χ4v) is 12.8. The van der Waals surface area contributed by atoms with Gasteiger partial charge in [0.15, 0.2) is 0 Å². The van der Waals surface area contributed by atoms with Gasteiger partial charge in [-0.05, 0) is 138 Å². The summed E-state index contributed by atoms with van der Waals surface area (Å²) in [4.78, 5) is 27.6. The molecule has 0 aliphatic heterocycles. The van der Waals surface area contributed by atoms with Gasteiger partial charge in [-0.2, -0.15) is 0 Å². The molecule has 2 aromatic rings. The van der Waals surface area contributed by atoms with Gasteiger partial charge in [0.25, 0.3) is 0 Å². The standard InChI is InChI=1S/C47H63NO4/c1-42(2)26-28-47(41(50)52-31-33-12-10-9-11-13-33)29-27-45(6)35(36(47)30-42)19-20-38-44(5)24-23-39(43(3,4)37(44)22-25-46(38,45)7)48-40(49)21-16-32-14-17-34(51-8)18-15-32/h9-19,21,36-39H,20,22-31H2,1-8H3,(H,48,49)/b21-16+/t36?,37?,38?,39-,44-,45+,46+,47-/m0/s1. The summed E-state index contributed by atoms with van der Waals surface area (Å²) in [6.07, 6.45) is 16.8. The third-order valence-electron chi connectivity index (χ3n) is 16.1. The lowest BCUT2D eigenvalue weighted by Crippen LogP contribution is -2.66. The number of hydrogen-bond acceptors (Lipinski definition) is 4. The van der Waals surface area contributed by atoms with Crippen LogP contribution < -0.4 is 10.1 Å². The van der Waals surface area contributed by atoms with E-state index in [1.807, 2.05) is 48.5 Å². The minimum Gasteiger partial charge on any atom is -0.497 e. The molecule has 2 aromatic carbocycles. The van der Waals surface area contributed by atoms with Crippen LogP contribution in [-0.4, -0.2) is 25.0 Å². The fourth-order valence-electron chi connectivity index (χ4n) is 12.8. The molecule has 280 valence electrons. The van der Waals surface area contributed by atoms with Gasteiger partial charge >= 0.3 is 5.97 Å². The maximum Gasteiger partial charge on any atom is 0.313 e. The molecule has 5 heteroatoms. The van der Waals surface area contributed by atoms with Gasteiger partial charge in [0.1, 0.15) is 12.4 Å². The van der Waals surface area contributed by atoms with Crippen LogP contribution in [0.25, 0.3) is 6.08 Å². The van der Waals surface area contributed by atoms with E-state index in [4.69, 9.17) is 9.47 Å². The first-order valence-corrected chi connectivity index (χ1v) is 20.1. The Labute approximate surface area is 313 Å². The highest BCUT2D eigenvalue weighted by atomic mass is 16.5. The highest BCUT2D eigenvalue weighted by Crippen LogP contribution is 2.75. The largest absolute Gasteiger partial charge is 0.497 e. The zero-order valence-corrected chi connectivity index (χ0v) is 33.1. The molecule has 5 nitrogen and oxygen atoms in total. The van der Waals surface area contributed by atoms with Crippen molar-refractivity contribution in [2.24, 2.45) is 50.2 Å². The summed E-state index contributed by atoms with van der Waals surface area (Å²) >= 11 is 0. The summed E-state index contributed by atoms with van der Waals surface area (Å²) in [6.45, 7) is 17.8. The first kappa shape index (κ1) is 37.0. The number of ether oxygens (including phenoxy) is 2. The number of hydrogen-bond donors (Lipinski definition) is 1. The second kappa shape index (κ2) is 13.2. The molecule has 5 aliphatic rings. The van der Waals surface area contributed by atoms with E-state index in [9.17, 15) is 9.59 Å². The number of allylic oxidation sites excluding steroid dienone is 2. The first-order valence-electron chi connectivity index (χ1n) is 20.1. The predicted molar refractivity (Wildman–Crippen MR) is 209 cm³/mol. The van der Waals surface area contributed by atoms with E-state index in [0.29, 0.717) is 18.4 Å². The van der Waals surface area contributed by atoms with Crippen molar-refractivity contribution in [1.29, 1.82) is 0 Å². The average molecular weight is 706 g/mol. The smallest absolute Gasteiger partial charge is 0.313 e. The average Bonchev–Trinajstić information content (AvgIpc) is 3.11. The summed E-state index contributed by atoms with van der Waals surface area (Å²) in [5, 5.41) is 3.45. The van der Waals surface area contributed by atoms with Crippen molar-refractivity contribution in [2.75, 3.05) is 7.11 Å². The van der Waals surface area contributed by atoms with Gasteiger partial charge in [-0.15, -0.1) is 0 Å². The van der Waals surface area contributed by atoms with Gasteiger partial charge in [0.05, 0.1) is 12.5 Å². The molecule has 3 unspecified atom stereocenters. The highest BCUT2D eigenvalue weighted by Gasteiger charge is 2.69. The van der Waals surface area contributed by atoms with E-state index in [-0.39, 0.29) is 50.9 Å². The number of rotatable bonds is 7. The highest BCUT2D eigenvalue weighted by molar-refractivity contribution is 5.92. The second-order valence-electron chi connectivity index (χ2n) is 19.5. The molecule has 0 radical (unpaired) electrons. The van der Waals surface area contributed by atoms with Crippen LogP contribution in [0.15, 0.2) is 72.3 Å². The number of nitrogens with one attached hydrogen (secondary N) is 1. The van der Waals surface area contributed by atoms with Crippen molar-refractivity contribution < 1.29 is 19.1 Å². The molecule has 0 saturated heterocycles. The number of methoxy groups -OCH3 is 1. The number of benzene rings is 2. The molecule has 0 heterocycles. The second-order valence-corrected chi connectivity index (χ2v) is 19.5. The topological polar surface area (TPSA) is 64.6 Å². The Balaban J connectivity index is 1.12. The predicted octanol–water partition coefficient (Wildman–Crippen LogP) is 10.7. The minimum atomic E-state index is -0.431. The van der Waals surface area contributed by atoms with E-state index in [1.165, 1.54) is 12.8 Å². The van der Waals surface area contributed by atoms with Crippen LogP contribution in [0, 0.1) is 50.2 Å². The molecule has 4 saturated carbocycles. The Morgan fingerprint density at radius 1 is 0.827 bits per heavy atom. The van der Waals surface area contributed by atoms with Crippen molar-refractivity contribution in [3.63, 3.8) is 0 Å². The van der Waals surface area contributed by atoms with Gasteiger partial charge in [-0.25, -0.2) is 0 Å². The summed E-state index contributed by atoms with van der Waals surface area (Å²) < 4.78 is 11.5. The maximum atomic E-state index is 14.3. The normalized spacial score (nSPS) is 37.3. The van der Waals surface area contributed by atoms with E-state index >= 15 is 0 Å². The first-order chi connectivity index (χ1) is 24.6. The molecule has 7 rings (SSSR count). The Hall–Kier alpha value is -3.34. The molecule has 4 fully saturated rings. The minimum absolute atomic E-state index is 0.0145. The molecule has 1 N–H and O–H groups in total. The third-order valence-corrected chi connectivity index (χ3v) is 16.1. The molecule has 52 heavy (non-hydrogen) atoms. The summed E-state index contributed by atoms with van der Waals surface area (Å²) in [7, 11) is 1.66. The fraction of sp³-hybridized carbons (Fsp3) is 0.617. The van der Waals surface area contributed by atoms with Crippen molar-refractivity contribution >= 4 is 18.0 Å². The zero-order valence-electron chi connectivity index (χ0n) is 33.1. The number of amides is 1. The summed E-state index contributed by atoms with van der Waals surface area (Å²) in [5.74, 6) is 2.14. The Kier molecular flexibility index (Phi) is 9.39. The number of esters is 1. The van der Waals surface area contributed by atoms with Crippen LogP contribution in [0.4, 0.5) is 0 Å². The van der Waals surface area contributed by atoms with Crippen molar-refractivity contribution in [3.8, 4) is 5.75 Å². The number of carbonyl (C=O) groups is 2. The van der Waals surface area contributed by atoms with Crippen LogP contribution in [0.1, 0.15) is 124 Å². The van der Waals surface area contributed by atoms with Crippen molar-refractivity contribution in [1.82, 2.24) is 5.32 Å². The third kappa shape index (κ3) is 5.97. The SMILES string of the molecule is COc1ccc(/C=C/C(=O)N[C@H]2CC[C@@]3(C)C(CC[C@]4(C)C3CC=C3C5CC(C)(C)CC[C@]5(C(=O)OCc5ccccc5)CC[C@]34C)C2(C)C)cc1. The lowest BCUT2D eigenvalue weighted by molar-refractivity contribution is -0.194. The number of fused-ring (bicyclic) bond motifs is 7. The molecular weight excluding hydrogens is 643 g/mol. The molecule has 1 amide bonds. The lowest BCUT2D eigenvalue weighted by Gasteiger charge is -2.71. The lowest BCUT2D eigenvalue weighted by atomic mass is 9.33. The Morgan fingerprint density at radius 2 is 1.54 bits per heavy atom. The maximum absolute atomic E-state index is 14.3. The zero-order chi connectivity index (χ0) is 37.2. The molecule has 0 bridgehead atoms. The molecular formula is C47H63NO4. The molecule has 8 atom stereocenters. The molecule has 5 aliphatic carbocycles.